The third-order valence-corrected chi connectivity index (χ3v) is 3.51. The van der Waals surface area contributed by atoms with Crippen LogP contribution in [0.2, 0.25) is 0 Å². The number of aliphatic hydroxyl groups excluding tert-OH is 1. The van der Waals surface area contributed by atoms with Crippen LogP contribution in [0.3, 0.4) is 0 Å². The van der Waals surface area contributed by atoms with Gasteiger partial charge in [-0.15, -0.1) is 11.8 Å². The Hall–Kier alpha value is -0.780. The Kier molecular flexibility index (Phi) is 4.87. The first-order valence-electron chi connectivity index (χ1n) is 4.85. The Morgan fingerprint density at radius 3 is 2.87 bits per heavy atom. The molecule has 2 unspecified atom stereocenters. The van der Waals surface area contributed by atoms with Crippen LogP contribution >= 0.6 is 11.8 Å². The van der Waals surface area contributed by atoms with Crippen molar-refractivity contribution in [3.63, 3.8) is 0 Å². The predicted molar refractivity (Wildman–Crippen MR) is 64.5 cm³/mol. The average Bonchev–Trinajstić information content (AvgIpc) is 2.26. The maximum absolute atomic E-state index is 9.33. The molecule has 4 nitrogen and oxygen atoms in total. The molecule has 84 valence electrons. The summed E-state index contributed by atoms with van der Waals surface area (Å²) in [4.78, 5) is 4.28. The van der Waals surface area contributed by atoms with Crippen molar-refractivity contribution in [1.82, 2.24) is 4.98 Å². The molecule has 1 aromatic rings. The molecule has 1 heterocycles. The first-order valence-corrected chi connectivity index (χ1v) is 5.90. The SMILES string of the molecule is CC(O)C(C)SCc1cccc(NN)n1. The van der Waals surface area contributed by atoms with E-state index in [1.165, 1.54) is 0 Å². The first kappa shape index (κ1) is 12.3. The topological polar surface area (TPSA) is 71.2 Å². The number of rotatable bonds is 5. The molecular weight excluding hydrogens is 210 g/mol. The minimum Gasteiger partial charge on any atom is -0.392 e. The zero-order chi connectivity index (χ0) is 11.3. The number of nitrogens with two attached hydrogens (primary N) is 1. The Labute approximate surface area is 94.3 Å². The van der Waals surface area contributed by atoms with Crippen LogP contribution in [-0.2, 0) is 5.75 Å². The van der Waals surface area contributed by atoms with Crippen molar-refractivity contribution in [3.05, 3.63) is 23.9 Å². The van der Waals surface area contributed by atoms with Crippen LogP contribution in [0.15, 0.2) is 18.2 Å². The number of hydrogen-bond acceptors (Lipinski definition) is 5. The summed E-state index contributed by atoms with van der Waals surface area (Å²) in [6.07, 6.45) is -0.300. The van der Waals surface area contributed by atoms with Gasteiger partial charge in [0.15, 0.2) is 0 Å². The number of nitrogens with one attached hydrogen (secondary N) is 1. The number of hydrazine groups is 1. The summed E-state index contributed by atoms with van der Waals surface area (Å²) in [5.74, 6) is 6.71. The van der Waals surface area contributed by atoms with Gasteiger partial charge in [-0.1, -0.05) is 13.0 Å². The van der Waals surface area contributed by atoms with E-state index in [4.69, 9.17) is 5.84 Å². The van der Waals surface area contributed by atoms with Gasteiger partial charge in [0.2, 0.25) is 0 Å². The second kappa shape index (κ2) is 5.95. The summed E-state index contributed by atoms with van der Waals surface area (Å²) in [6.45, 7) is 3.79. The number of nitrogen functional groups attached to an aromatic ring is 1. The van der Waals surface area contributed by atoms with Gasteiger partial charge in [-0.3, -0.25) is 0 Å². The molecule has 0 saturated carbocycles. The fourth-order valence-corrected chi connectivity index (χ4v) is 1.87. The molecule has 1 aromatic heterocycles. The maximum Gasteiger partial charge on any atom is 0.140 e. The molecule has 0 saturated heterocycles. The van der Waals surface area contributed by atoms with Crippen LogP contribution < -0.4 is 11.3 Å². The van der Waals surface area contributed by atoms with Gasteiger partial charge in [0.1, 0.15) is 5.82 Å². The molecule has 0 amide bonds. The smallest absolute Gasteiger partial charge is 0.140 e. The molecule has 0 aliphatic heterocycles. The number of aromatic nitrogens is 1. The molecule has 1 rings (SSSR count). The Balaban J connectivity index is 2.50. The second-order valence-electron chi connectivity index (χ2n) is 3.42. The quantitative estimate of drug-likeness (QED) is 0.523. The van der Waals surface area contributed by atoms with Crippen LogP contribution in [-0.4, -0.2) is 21.4 Å². The summed E-state index contributed by atoms with van der Waals surface area (Å²) in [6, 6.07) is 5.67. The molecule has 0 radical (unpaired) electrons. The monoisotopic (exact) mass is 227 g/mol. The molecule has 2 atom stereocenters. The largest absolute Gasteiger partial charge is 0.392 e. The highest BCUT2D eigenvalue weighted by Crippen LogP contribution is 2.19. The van der Waals surface area contributed by atoms with Gasteiger partial charge in [-0.2, -0.15) is 0 Å². The van der Waals surface area contributed by atoms with E-state index in [-0.39, 0.29) is 11.4 Å². The lowest BCUT2D eigenvalue weighted by molar-refractivity contribution is 0.196. The lowest BCUT2D eigenvalue weighted by atomic mass is 10.3. The molecule has 0 bridgehead atoms. The lowest BCUT2D eigenvalue weighted by Crippen LogP contribution is -2.15. The van der Waals surface area contributed by atoms with Gasteiger partial charge >= 0.3 is 0 Å². The van der Waals surface area contributed by atoms with E-state index in [2.05, 4.69) is 10.4 Å². The van der Waals surface area contributed by atoms with Gasteiger partial charge in [0.25, 0.3) is 0 Å². The Morgan fingerprint density at radius 1 is 1.53 bits per heavy atom. The zero-order valence-electron chi connectivity index (χ0n) is 8.97. The number of nitrogens with zero attached hydrogens (tertiary/aromatic N) is 1. The number of hydrogen-bond donors (Lipinski definition) is 3. The lowest BCUT2D eigenvalue weighted by Gasteiger charge is -2.13. The number of aliphatic hydroxyl groups is 1. The summed E-state index contributed by atoms with van der Waals surface area (Å²) in [5.41, 5.74) is 3.47. The highest BCUT2D eigenvalue weighted by Gasteiger charge is 2.09. The molecule has 0 spiro atoms. The third kappa shape index (κ3) is 4.07. The highest BCUT2D eigenvalue weighted by molar-refractivity contribution is 7.99. The maximum atomic E-state index is 9.33. The number of thioether (sulfide) groups is 1. The van der Waals surface area contributed by atoms with Crippen molar-refractivity contribution in [2.75, 3.05) is 5.43 Å². The third-order valence-electron chi connectivity index (χ3n) is 2.13. The minimum absolute atomic E-state index is 0.210. The van der Waals surface area contributed by atoms with Gasteiger partial charge in [0.05, 0.1) is 11.8 Å². The second-order valence-corrected chi connectivity index (χ2v) is 4.78. The van der Waals surface area contributed by atoms with E-state index in [1.807, 2.05) is 25.1 Å². The predicted octanol–water partition coefficient (Wildman–Crippen LogP) is 1.37. The number of pyridine rings is 1. The van der Waals surface area contributed by atoms with Gasteiger partial charge < -0.3 is 10.5 Å². The van der Waals surface area contributed by atoms with Crippen LogP contribution in [0.4, 0.5) is 5.82 Å². The zero-order valence-corrected chi connectivity index (χ0v) is 9.79. The minimum atomic E-state index is -0.300. The van der Waals surface area contributed by atoms with Gasteiger partial charge in [-0.05, 0) is 19.1 Å². The van der Waals surface area contributed by atoms with E-state index in [0.717, 1.165) is 11.4 Å². The van der Waals surface area contributed by atoms with Gasteiger partial charge in [0, 0.05) is 11.0 Å². The van der Waals surface area contributed by atoms with Crippen molar-refractivity contribution < 1.29 is 5.11 Å². The first-order chi connectivity index (χ1) is 7.13. The van der Waals surface area contributed by atoms with Crippen molar-refractivity contribution in [1.29, 1.82) is 0 Å². The Morgan fingerprint density at radius 2 is 2.27 bits per heavy atom. The average molecular weight is 227 g/mol. The van der Waals surface area contributed by atoms with E-state index in [9.17, 15) is 5.11 Å². The summed E-state index contributed by atoms with van der Waals surface area (Å²) >= 11 is 1.68. The van der Waals surface area contributed by atoms with Gasteiger partial charge in [-0.25, -0.2) is 10.8 Å². The van der Waals surface area contributed by atoms with E-state index in [1.54, 1.807) is 18.7 Å². The standard InChI is InChI=1S/C10H17N3OS/c1-7(14)8(2)15-6-9-4-3-5-10(12-9)13-11/h3-5,7-8,14H,6,11H2,1-2H3,(H,12,13). The van der Waals surface area contributed by atoms with E-state index >= 15 is 0 Å². The summed E-state index contributed by atoms with van der Waals surface area (Å²) < 4.78 is 0. The molecule has 5 heteroatoms. The molecule has 0 aliphatic carbocycles. The van der Waals surface area contributed by atoms with Crippen molar-refractivity contribution in [3.8, 4) is 0 Å². The van der Waals surface area contributed by atoms with Crippen LogP contribution in [0.5, 0.6) is 0 Å². The molecule has 0 aromatic carbocycles. The molecule has 0 aliphatic rings. The summed E-state index contributed by atoms with van der Waals surface area (Å²) in [7, 11) is 0. The molecule has 4 N–H and O–H groups in total. The normalized spacial score (nSPS) is 14.7. The molecule has 15 heavy (non-hydrogen) atoms. The fourth-order valence-electron chi connectivity index (χ4n) is 0.996. The van der Waals surface area contributed by atoms with Crippen LogP contribution in [0.25, 0.3) is 0 Å². The molecule has 0 fully saturated rings. The van der Waals surface area contributed by atoms with Crippen molar-refractivity contribution >= 4 is 17.6 Å². The summed E-state index contributed by atoms with van der Waals surface area (Å²) in [5, 5.41) is 9.54. The van der Waals surface area contributed by atoms with Crippen molar-refractivity contribution in [2.45, 2.75) is 31.0 Å². The molecular formula is C10H17N3OS. The van der Waals surface area contributed by atoms with Crippen LogP contribution in [0, 0.1) is 0 Å². The Bertz CT molecular complexity index is 306. The number of anilines is 1. The van der Waals surface area contributed by atoms with Crippen molar-refractivity contribution in [2.24, 2.45) is 5.84 Å². The van der Waals surface area contributed by atoms with Crippen LogP contribution in [0.1, 0.15) is 19.5 Å². The van der Waals surface area contributed by atoms with E-state index in [0.29, 0.717) is 5.82 Å². The highest BCUT2D eigenvalue weighted by atomic mass is 32.2. The van der Waals surface area contributed by atoms with E-state index < -0.39 is 0 Å². The fraction of sp³-hybridized carbons (Fsp3) is 0.500.